The molecule has 2 heterocycles. The van der Waals surface area contributed by atoms with Crippen molar-refractivity contribution in [3.63, 3.8) is 0 Å². The summed E-state index contributed by atoms with van der Waals surface area (Å²) in [7, 11) is 3.03. The highest BCUT2D eigenvalue weighted by Gasteiger charge is 2.35. The highest BCUT2D eigenvalue weighted by molar-refractivity contribution is 7.13. The van der Waals surface area contributed by atoms with Crippen molar-refractivity contribution in [1.29, 1.82) is 0 Å². The lowest BCUT2D eigenvalue weighted by molar-refractivity contribution is -0.137. The van der Waals surface area contributed by atoms with E-state index < -0.39 is 17.3 Å². The molecule has 0 fully saturated rings. The number of benzene rings is 2. The third kappa shape index (κ3) is 4.20. The summed E-state index contributed by atoms with van der Waals surface area (Å²) in [5, 5.41) is 6.38. The third-order valence-corrected chi connectivity index (χ3v) is 7.04. The highest BCUT2D eigenvalue weighted by atomic mass is 32.1. The van der Waals surface area contributed by atoms with Crippen molar-refractivity contribution in [2.45, 2.75) is 25.4 Å². The Morgan fingerprint density at radius 1 is 0.943 bits per heavy atom. The van der Waals surface area contributed by atoms with Crippen LogP contribution in [0.2, 0.25) is 0 Å². The van der Waals surface area contributed by atoms with Crippen molar-refractivity contribution >= 4 is 11.3 Å². The van der Waals surface area contributed by atoms with Crippen LogP contribution in [0.5, 0.6) is 11.5 Å². The maximum Gasteiger partial charge on any atom is 0.418 e. The SMILES string of the molecule is COc1cc(OC)cc(-c2nn(-c3cc(-c4cccs4)ccc3C(F)(F)F)c(=O)c3c2CCC3)c1. The molecular formula is C26H21F3N2O3S. The molecule has 1 aliphatic carbocycles. The van der Waals surface area contributed by atoms with E-state index in [-0.39, 0.29) is 5.69 Å². The topological polar surface area (TPSA) is 53.4 Å². The fourth-order valence-corrected chi connectivity index (χ4v) is 5.18. The molecule has 0 saturated heterocycles. The predicted octanol–water partition coefficient (Wildman–Crippen LogP) is 6.15. The van der Waals surface area contributed by atoms with E-state index in [1.807, 2.05) is 17.5 Å². The largest absolute Gasteiger partial charge is 0.497 e. The molecular weight excluding hydrogens is 477 g/mol. The number of methoxy groups -OCH3 is 2. The van der Waals surface area contributed by atoms with Crippen molar-refractivity contribution in [3.05, 3.63) is 81.0 Å². The minimum atomic E-state index is -4.66. The van der Waals surface area contributed by atoms with Crippen LogP contribution in [0.15, 0.2) is 58.7 Å². The van der Waals surface area contributed by atoms with Crippen molar-refractivity contribution in [2.24, 2.45) is 0 Å². The fraction of sp³-hybridized carbons (Fsp3) is 0.231. The van der Waals surface area contributed by atoms with Crippen molar-refractivity contribution in [1.82, 2.24) is 9.78 Å². The number of ether oxygens (including phenoxy) is 2. The van der Waals surface area contributed by atoms with Gasteiger partial charge in [0, 0.05) is 22.1 Å². The van der Waals surface area contributed by atoms with Crippen molar-refractivity contribution in [2.75, 3.05) is 14.2 Å². The summed E-state index contributed by atoms with van der Waals surface area (Å²) in [5.41, 5.74) is 1.15. The predicted molar refractivity (Wildman–Crippen MR) is 129 cm³/mol. The molecule has 180 valence electrons. The van der Waals surface area contributed by atoms with E-state index in [0.717, 1.165) is 27.6 Å². The Hall–Kier alpha value is -3.59. The molecule has 5 rings (SSSR count). The number of hydrogen-bond donors (Lipinski definition) is 0. The van der Waals surface area contributed by atoms with Gasteiger partial charge < -0.3 is 9.47 Å². The Bertz CT molecular complexity index is 1440. The average molecular weight is 499 g/mol. The van der Waals surface area contributed by atoms with Crippen LogP contribution in [0.1, 0.15) is 23.1 Å². The van der Waals surface area contributed by atoms with Crippen LogP contribution in [0.25, 0.3) is 27.4 Å². The fourth-order valence-electron chi connectivity index (χ4n) is 4.46. The molecule has 0 bridgehead atoms. The van der Waals surface area contributed by atoms with E-state index in [0.29, 0.717) is 46.7 Å². The number of rotatable bonds is 5. The van der Waals surface area contributed by atoms with E-state index in [4.69, 9.17) is 9.47 Å². The first-order chi connectivity index (χ1) is 16.8. The first kappa shape index (κ1) is 23.2. The Labute approximate surface area is 203 Å². The quantitative estimate of drug-likeness (QED) is 0.331. The van der Waals surface area contributed by atoms with Gasteiger partial charge in [-0.05, 0) is 66.1 Å². The van der Waals surface area contributed by atoms with Crippen LogP contribution in [-0.4, -0.2) is 24.0 Å². The lowest BCUT2D eigenvalue weighted by Gasteiger charge is -2.18. The third-order valence-electron chi connectivity index (χ3n) is 6.12. The van der Waals surface area contributed by atoms with Crippen LogP contribution < -0.4 is 15.0 Å². The molecule has 4 aromatic rings. The molecule has 0 unspecified atom stereocenters. The number of alkyl halides is 3. The number of fused-ring (bicyclic) bond motifs is 1. The van der Waals surface area contributed by atoms with Gasteiger partial charge in [0.2, 0.25) is 0 Å². The zero-order valence-corrected chi connectivity index (χ0v) is 19.8. The van der Waals surface area contributed by atoms with Gasteiger partial charge in [-0.25, -0.2) is 0 Å². The van der Waals surface area contributed by atoms with Gasteiger partial charge in [-0.15, -0.1) is 11.3 Å². The highest BCUT2D eigenvalue weighted by Crippen LogP contribution is 2.38. The number of aromatic nitrogens is 2. The second-order valence-electron chi connectivity index (χ2n) is 8.18. The van der Waals surface area contributed by atoms with Crippen LogP contribution in [0.4, 0.5) is 13.2 Å². The molecule has 0 radical (unpaired) electrons. The van der Waals surface area contributed by atoms with Crippen molar-refractivity contribution < 1.29 is 22.6 Å². The maximum atomic E-state index is 14.1. The van der Waals surface area contributed by atoms with Gasteiger partial charge in [0.25, 0.3) is 5.56 Å². The van der Waals surface area contributed by atoms with E-state index in [9.17, 15) is 18.0 Å². The molecule has 0 atom stereocenters. The Morgan fingerprint density at radius 2 is 1.66 bits per heavy atom. The van der Waals surface area contributed by atoms with Gasteiger partial charge in [0.15, 0.2) is 0 Å². The summed E-state index contributed by atoms with van der Waals surface area (Å²) in [6, 6.07) is 12.7. The van der Waals surface area contributed by atoms with Crippen LogP contribution in [0, 0.1) is 0 Å². The molecule has 0 amide bonds. The molecule has 9 heteroatoms. The number of thiophene rings is 1. The minimum Gasteiger partial charge on any atom is -0.497 e. The molecule has 5 nitrogen and oxygen atoms in total. The molecule has 0 saturated carbocycles. The summed E-state index contributed by atoms with van der Waals surface area (Å²) >= 11 is 1.41. The zero-order valence-electron chi connectivity index (χ0n) is 19.0. The monoisotopic (exact) mass is 498 g/mol. The molecule has 0 N–H and O–H groups in total. The van der Waals surface area contributed by atoms with Crippen molar-refractivity contribution in [3.8, 4) is 38.9 Å². The first-order valence-electron chi connectivity index (χ1n) is 10.9. The summed E-state index contributed by atoms with van der Waals surface area (Å²) in [5.74, 6) is 1.03. The Kier molecular flexibility index (Phi) is 5.88. The molecule has 2 aromatic heterocycles. The van der Waals surface area contributed by atoms with E-state index in [1.54, 1.807) is 18.2 Å². The van der Waals surface area contributed by atoms with Gasteiger partial charge in [-0.3, -0.25) is 4.79 Å². The average Bonchev–Trinajstić information content (AvgIpc) is 3.56. The Morgan fingerprint density at radius 3 is 2.29 bits per heavy atom. The zero-order chi connectivity index (χ0) is 24.7. The van der Waals surface area contributed by atoms with E-state index in [1.165, 1.54) is 37.7 Å². The lowest BCUT2D eigenvalue weighted by atomic mass is 10.0. The van der Waals surface area contributed by atoms with Gasteiger partial charge in [0.05, 0.1) is 31.2 Å². The smallest absolute Gasteiger partial charge is 0.418 e. The summed E-state index contributed by atoms with van der Waals surface area (Å²) < 4.78 is 53.8. The van der Waals surface area contributed by atoms with Crippen LogP contribution in [-0.2, 0) is 19.0 Å². The van der Waals surface area contributed by atoms with Gasteiger partial charge in [-0.2, -0.15) is 23.0 Å². The summed E-state index contributed by atoms with van der Waals surface area (Å²) in [6.45, 7) is 0. The normalized spacial score (nSPS) is 13.1. The van der Waals surface area contributed by atoms with Crippen LogP contribution >= 0.6 is 11.3 Å². The van der Waals surface area contributed by atoms with Crippen LogP contribution in [0.3, 0.4) is 0 Å². The second-order valence-corrected chi connectivity index (χ2v) is 9.13. The Balaban J connectivity index is 1.80. The summed E-state index contributed by atoms with van der Waals surface area (Å²) in [4.78, 5) is 14.3. The molecule has 35 heavy (non-hydrogen) atoms. The van der Waals surface area contributed by atoms with E-state index >= 15 is 0 Å². The molecule has 2 aromatic carbocycles. The van der Waals surface area contributed by atoms with E-state index in [2.05, 4.69) is 5.10 Å². The van der Waals surface area contributed by atoms with Gasteiger partial charge in [-0.1, -0.05) is 12.1 Å². The first-order valence-corrected chi connectivity index (χ1v) is 11.8. The standard InChI is InChI=1S/C26H21F3N2O3S/c1-33-17-11-16(12-18(14-17)34-2)24-19-5-3-6-20(19)25(32)31(30-24)22-13-15(23-7-4-10-35-23)8-9-21(22)26(27,28)29/h4,7-14H,3,5-6H2,1-2H3. The van der Waals surface area contributed by atoms with Gasteiger partial charge >= 0.3 is 6.18 Å². The molecule has 0 spiro atoms. The molecule has 1 aliphatic rings. The summed E-state index contributed by atoms with van der Waals surface area (Å²) in [6.07, 6.45) is -2.83. The number of nitrogens with zero attached hydrogens (tertiary/aromatic N) is 2. The molecule has 0 aliphatic heterocycles. The maximum absolute atomic E-state index is 14.1. The van der Waals surface area contributed by atoms with Gasteiger partial charge in [0.1, 0.15) is 11.5 Å². The second kappa shape index (κ2) is 8.88. The number of halogens is 3. The lowest BCUT2D eigenvalue weighted by Crippen LogP contribution is -2.28. The number of hydrogen-bond acceptors (Lipinski definition) is 5. The minimum absolute atomic E-state index is 0.292.